The number of nitrogens with zero attached hydrogens (tertiary/aromatic N) is 1. The third-order valence-corrected chi connectivity index (χ3v) is 1.78. The molecule has 1 aromatic heterocycles. The van der Waals surface area contributed by atoms with Gasteiger partial charge in [0.15, 0.2) is 0 Å². The number of rotatable bonds is 2. The molecule has 4 heteroatoms. The molecular weight excluding hydrogens is 226 g/mol. The first-order valence-electron chi connectivity index (χ1n) is 4.89. The van der Waals surface area contributed by atoms with Crippen LogP contribution in [-0.2, 0) is 9.53 Å². The highest BCUT2D eigenvalue weighted by Gasteiger charge is 2.13. The van der Waals surface area contributed by atoms with Crippen molar-refractivity contribution in [2.24, 2.45) is 0 Å². The highest BCUT2D eigenvalue weighted by atomic mass is 35.5. The van der Waals surface area contributed by atoms with Gasteiger partial charge in [-0.05, 0) is 39.0 Å². The Labute approximate surface area is 100 Å². The molecule has 0 aliphatic carbocycles. The molecule has 0 saturated carbocycles. The lowest BCUT2D eigenvalue weighted by atomic mass is 10.2. The predicted molar refractivity (Wildman–Crippen MR) is 64.1 cm³/mol. The van der Waals surface area contributed by atoms with Gasteiger partial charge in [-0.2, -0.15) is 0 Å². The summed E-state index contributed by atoms with van der Waals surface area (Å²) in [4.78, 5) is 15.4. The normalized spacial score (nSPS) is 11.8. The second-order valence-electron chi connectivity index (χ2n) is 4.27. The summed E-state index contributed by atoms with van der Waals surface area (Å²) in [6.45, 7) is 5.45. The minimum atomic E-state index is -0.483. The first kappa shape index (κ1) is 12.7. The molecule has 0 radical (unpaired) electrons. The van der Waals surface area contributed by atoms with Crippen LogP contribution in [0.3, 0.4) is 0 Å². The van der Waals surface area contributed by atoms with Crippen LogP contribution in [0.1, 0.15) is 26.5 Å². The van der Waals surface area contributed by atoms with E-state index in [2.05, 4.69) is 4.98 Å². The van der Waals surface area contributed by atoms with Gasteiger partial charge in [0, 0.05) is 17.3 Å². The zero-order chi connectivity index (χ0) is 12.2. The van der Waals surface area contributed by atoms with Crippen molar-refractivity contribution in [3.63, 3.8) is 0 Å². The van der Waals surface area contributed by atoms with Gasteiger partial charge in [0.05, 0.1) is 5.69 Å². The molecule has 16 heavy (non-hydrogen) atoms. The average molecular weight is 240 g/mol. The van der Waals surface area contributed by atoms with Crippen LogP contribution in [0.15, 0.2) is 24.4 Å². The fourth-order valence-electron chi connectivity index (χ4n) is 1.00. The van der Waals surface area contributed by atoms with E-state index < -0.39 is 11.6 Å². The van der Waals surface area contributed by atoms with Gasteiger partial charge in [0.2, 0.25) is 0 Å². The number of aromatic nitrogens is 1. The summed E-state index contributed by atoms with van der Waals surface area (Å²) < 4.78 is 5.10. The highest BCUT2D eigenvalue weighted by molar-refractivity contribution is 6.30. The van der Waals surface area contributed by atoms with Crippen molar-refractivity contribution in [2.75, 3.05) is 0 Å². The summed E-state index contributed by atoms with van der Waals surface area (Å²) in [5, 5.41) is 0.582. The lowest BCUT2D eigenvalue weighted by Crippen LogP contribution is -2.22. The summed E-state index contributed by atoms with van der Waals surface area (Å²) in [5.74, 6) is -0.394. The van der Waals surface area contributed by atoms with E-state index in [0.29, 0.717) is 10.7 Å². The van der Waals surface area contributed by atoms with E-state index in [-0.39, 0.29) is 0 Å². The molecular formula is C12H14ClNO2. The molecule has 1 aromatic rings. The van der Waals surface area contributed by atoms with Crippen LogP contribution < -0.4 is 0 Å². The SMILES string of the molecule is CC(C)(C)OC(=O)/C=C/c1cc(Cl)ccn1. The van der Waals surface area contributed by atoms with Gasteiger partial charge in [-0.15, -0.1) is 0 Å². The van der Waals surface area contributed by atoms with Crippen molar-refractivity contribution in [1.82, 2.24) is 4.98 Å². The standard InChI is InChI=1S/C12H14ClNO2/c1-12(2,3)16-11(15)5-4-10-8-9(13)6-7-14-10/h4-8H,1-3H3/b5-4+. The number of carbonyl (C=O) groups is 1. The maximum atomic E-state index is 11.3. The lowest BCUT2D eigenvalue weighted by Gasteiger charge is -2.17. The summed E-state index contributed by atoms with van der Waals surface area (Å²) >= 11 is 5.78. The van der Waals surface area contributed by atoms with Gasteiger partial charge < -0.3 is 4.74 Å². The van der Waals surface area contributed by atoms with Gasteiger partial charge in [-0.1, -0.05) is 11.6 Å². The zero-order valence-corrected chi connectivity index (χ0v) is 10.3. The Balaban J connectivity index is 2.64. The average Bonchev–Trinajstić information content (AvgIpc) is 2.12. The van der Waals surface area contributed by atoms with Crippen molar-refractivity contribution >= 4 is 23.6 Å². The van der Waals surface area contributed by atoms with Crippen molar-refractivity contribution in [2.45, 2.75) is 26.4 Å². The number of pyridine rings is 1. The zero-order valence-electron chi connectivity index (χ0n) is 9.53. The Kier molecular flexibility index (Phi) is 4.07. The molecule has 0 spiro atoms. The van der Waals surface area contributed by atoms with Gasteiger partial charge >= 0.3 is 5.97 Å². The Morgan fingerprint density at radius 2 is 2.19 bits per heavy atom. The molecule has 0 saturated heterocycles. The van der Waals surface area contributed by atoms with Crippen LogP contribution in [0.4, 0.5) is 0 Å². The smallest absolute Gasteiger partial charge is 0.331 e. The summed E-state index contributed by atoms with van der Waals surface area (Å²) in [5.41, 5.74) is 0.141. The number of ether oxygens (including phenoxy) is 1. The number of hydrogen-bond acceptors (Lipinski definition) is 3. The number of hydrogen-bond donors (Lipinski definition) is 0. The third kappa shape index (κ3) is 4.94. The topological polar surface area (TPSA) is 39.2 Å². The van der Waals surface area contributed by atoms with Gasteiger partial charge in [-0.25, -0.2) is 4.79 Å². The van der Waals surface area contributed by atoms with E-state index in [4.69, 9.17) is 16.3 Å². The third-order valence-electron chi connectivity index (χ3n) is 1.54. The number of carbonyl (C=O) groups excluding carboxylic acids is 1. The molecule has 0 unspecified atom stereocenters. The van der Waals surface area contributed by atoms with Crippen molar-refractivity contribution in [3.05, 3.63) is 35.1 Å². The summed E-state index contributed by atoms with van der Waals surface area (Å²) in [7, 11) is 0. The minimum absolute atomic E-state index is 0.394. The second-order valence-corrected chi connectivity index (χ2v) is 4.70. The Bertz CT molecular complexity index is 408. The van der Waals surface area contributed by atoms with E-state index in [1.807, 2.05) is 20.8 Å². The molecule has 1 rings (SSSR count). The first-order chi connectivity index (χ1) is 7.37. The lowest BCUT2D eigenvalue weighted by molar-refractivity contribution is -0.148. The van der Waals surface area contributed by atoms with Crippen molar-refractivity contribution < 1.29 is 9.53 Å². The molecule has 3 nitrogen and oxygen atoms in total. The molecule has 0 aromatic carbocycles. The van der Waals surface area contributed by atoms with Crippen LogP contribution in [0.5, 0.6) is 0 Å². The van der Waals surface area contributed by atoms with E-state index in [1.54, 1.807) is 24.4 Å². The molecule has 0 aliphatic rings. The van der Waals surface area contributed by atoms with Crippen LogP contribution in [0.25, 0.3) is 6.08 Å². The number of halogens is 1. The Morgan fingerprint density at radius 3 is 2.75 bits per heavy atom. The summed E-state index contributed by atoms with van der Waals surface area (Å²) in [6.07, 6.45) is 4.49. The summed E-state index contributed by atoms with van der Waals surface area (Å²) in [6, 6.07) is 3.34. The van der Waals surface area contributed by atoms with Crippen LogP contribution in [0.2, 0.25) is 5.02 Å². The molecule has 86 valence electrons. The largest absolute Gasteiger partial charge is 0.457 e. The molecule has 0 aliphatic heterocycles. The minimum Gasteiger partial charge on any atom is -0.457 e. The molecule has 0 N–H and O–H groups in total. The highest BCUT2D eigenvalue weighted by Crippen LogP contribution is 2.10. The monoisotopic (exact) mass is 239 g/mol. The Hall–Kier alpha value is -1.35. The maximum Gasteiger partial charge on any atom is 0.331 e. The van der Waals surface area contributed by atoms with E-state index in [0.717, 1.165) is 0 Å². The maximum absolute atomic E-state index is 11.3. The van der Waals surface area contributed by atoms with Gasteiger partial charge in [0.25, 0.3) is 0 Å². The van der Waals surface area contributed by atoms with Crippen LogP contribution in [0, 0.1) is 0 Å². The van der Waals surface area contributed by atoms with Crippen molar-refractivity contribution in [1.29, 1.82) is 0 Å². The van der Waals surface area contributed by atoms with Crippen LogP contribution >= 0.6 is 11.6 Å². The fraction of sp³-hybridized carbons (Fsp3) is 0.333. The van der Waals surface area contributed by atoms with Crippen LogP contribution in [-0.4, -0.2) is 16.6 Å². The Morgan fingerprint density at radius 1 is 1.50 bits per heavy atom. The molecule has 1 heterocycles. The second kappa shape index (κ2) is 5.12. The number of esters is 1. The van der Waals surface area contributed by atoms with Gasteiger partial charge in [-0.3, -0.25) is 4.98 Å². The fourth-order valence-corrected chi connectivity index (χ4v) is 1.17. The molecule has 0 amide bonds. The molecule has 0 bridgehead atoms. The predicted octanol–water partition coefficient (Wildman–Crippen LogP) is 3.09. The first-order valence-corrected chi connectivity index (χ1v) is 5.27. The van der Waals surface area contributed by atoms with E-state index in [9.17, 15) is 4.79 Å². The van der Waals surface area contributed by atoms with Crippen molar-refractivity contribution in [3.8, 4) is 0 Å². The molecule has 0 atom stereocenters. The molecule has 0 fully saturated rings. The van der Waals surface area contributed by atoms with E-state index >= 15 is 0 Å². The quantitative estimate of drug-likeness (QED) is 0.588. The van der Waals surface area contributed by atoms with E-state index in [1.165, 1.54) is 6.08 Å². The van der Waals surface area contributed by atoms with Gasteiger partial charge in [0.1, 0.15) is 5.60 Å².